The summed E-state index contributed by atoms with van der Waals surface area (Å²) in [7, 11) is 0. The first kappa shape index (κ1) is 5.45. The Morgan fingerprint density at radius 1 is 1.22 bits per heavy atom. The lowest BCUT2D eigenvalue weighted by Crippen LogP contribution is -2.12. The predicted octanol–water partition coefficient (Wildman–Crippen LogP) is 1.88. The monoisotopic (exact) mass is 123 g/mol. The normalized spacial score (nSPS) is 47.8. The fraction of sp³-hybridized carbons (Fsp3) is 0.875. The lowest BCUT2D eigenvalue weighted by atomic mass is 9.96. The van der Waals surface area contributed by atoms with Gasteiger partial charge in [0, 0.05) is 0 Å². The molecular weight excluding hydrogens is 110 g/mol. The van der Waals surface area contributed by atoms with Crippen molar-refractivity contribution in [1.82, 2.24) is 0 Å². The van der Waals surface area contributed by atoms with Crippen LogP contribution < -0.4 is 0 Å². The molecule has 0 N–H and O–H groups in total. The largest absolute Gasteiger partial charge is 0.297 e. The Balaban J connectivity index is 2.09. The van der Waals surface area contributed by atoms with Crippen molar-refractivity contribution in [2.45, 2.75) is 31.7 Å². The summed E-state index contributed by atoms with van der Waals surface area (Å²) in [5.41, 5.74) is 0. The first-order valence-corrected chi connectivity index (χ1v) is 3.86. The maximum atomic E-state index is 4.12. The van der Waals surface area contributed by atoms with Gasteiger partial charge >= 0.3 is 0 Å². The van der Waals surface area contributed by atoms with Gasteiger partial charge in [0.25, 0.3) is 0 Å². The van der Waals surface area contributed by atoms with Crippen LogP contribution in [0.3, 0.4) is 0 Å². The number of aliphatic imine (C=N–C) groups is 1. The van der Waals surface area contributed by atoms with Crippen LogP contribution in [-0.4, -0.2) is 12.8 Å². The first-order valence-electron chi connectivity index (χ1n) is 3.86. The third-order valence-electron chi connectivity index (χ3n) is 2.94. The summed E-state index contributed by atoms with van der Waals surface area (Å²) in [6, 6.07) is 0.642. The van der Waals surface area contributed by atoms with Gasteiger partial charge in [0.1, 0.15) is 0 Å². The van der Waals surface area contributed by atoms with Crippen LogP contribution in [0.15, 0.2) is 4.99 Å². The Bertz CT molecular complexity index is 131. The van der Waals surface area contributed by atoms with Gasteiger partial charge in [-0.15, -0.1) is 0 Å². The Labute approximate surface area is 56.2 Å². The molecule has 0 spiro atoms. The van der Waals surface area contributed by atoms with Gasteiger partial charge in [-0.1, -0.05) is 6.42 Å². The van der Waals surface area contributed by atoms with E-state index in [1.54, 1.807) is 0 Å². The summed E-state index contributed by atoms with van der Waals surface area (Å²) < 4.78 is 0. The molecule has 2 fully saturated rings. The zero-order valence-corrected chi connectivity index (χ0v) is 5.71. The standard InChI is InChI=1S/C8H13N/c1-9-8-5-6-2-3-7(8)4-6/h6-8H,1-5H2. The van der Waals surface area contributed by atoms with Crippen LogP contribution >= 0.6 is 0 Å². The SMILES string of the molecule is C=NC1CC2CCC1C2. The molecule has 50 valence electrons. The van der Waals surface area contributed by atoms with Gasteiger partial charge < -0.3 is 0 Å². The van der Waals surface area contributed by atoms with Crippen LogP contribution in [0.4, 0.5) is 0 Å². The summed E-state index contributed by atoms with van der Waals surface area (Å²) in [6.07, 6.45) is 5.68. The Morgan fingerprint density at radius 2 is 2.11 bits per heavy atom. The Morgan fingerprint density at radius 3 is 2.44 bits per heavy atom. The molecule has 0 aliphatic heterocycles. The molecule has 1 heteroatoms. The molecule has 0 amide bonds. The highest BCUT2D eigenvalue weighted by Gasteiger charge is 2.38. The number of nitrogens with zero attached hydrogens (tertiary/aromatic N) is 1. The molecule has 0 aromatic heterocycles. The first-order chi connectivity index (χ1) is 4.40. The minimum Gasteiger partial charge on any atom is -0.297 e. The van der Waals surface area contributed by atoms with Crippen LogP contribution in [0.2, 0.25) is 0 Å². The molecule has 0 heterocycles. The van der Waals surface area contributed by atoms with Gasteiger partial charge in [-0.05, 0) is 37.8 Å². The zero-order valence-electron chi connectivity index (χ0n) is 5.71. The van der Waals surface area contributed by atoms with Crippen molar-refractivity contribution >= 4 is 6.72 Å². The zero-order chi connectivity index (χ0) is 6.27. The molecule has 3 unspecified atom stereocenters. The van der Waals surface area contributed by atoms with E-state index in [2.05, 4.69) is 11.7 Å². The molecule has 2 saturated carbocycles. The predicted molar refractivity (Wildman–Crippen MR) is 38.8 cm³/mol. The van der Waals surface area contributed by atoms with Gasteiger partial charge in [-0.3, -0.25) is 4.99 Å². The minimum atomic E-state index is 0.642. The Kier molecular flexibility index (Phi) is 1.11. The molecule has 2 rings (SSSR count). The highest BCUT2D eigenvalue weighted by Crippen LogP contribution is 2.45. The van der Waals surface area contributed by atoms with Crippen LogP contribution in [0.5, 0.6) is 0 Å². The van der Waals surface area contributed by atoms with E-state index in [4.69, 9.17) is 0 Å². The molecule has 2 aliphatic rings. The number of hydrogen-bond donors (Lipinski definition) is 0. The number of hydrogen-bond acceptors (Lipinski definition) is 1. The van der Waals surface area contributed by atoms with Crippen molar-refractivity contribution in [3.63, 3.8) is 0 Å². The second kappa shape index (κ2) is 1.83. The van der Waals surface area contributed by atoms with E-state index in [1.807, 2.05) is 0 Å². The van der Waals surface area contributed by atoms with Crippen molar-refractivity contribution in [3.05, 3.63) is 0 Å². The van der Waals surface area contributed by atoms with Crippen molar-refractivity contribution in [1.29, 1.82) is 0 Å². The smallest absolute Gasteiger partial charge is 0.0523 e. The summed E-state index contributed by atoms with van der Waals surface area (Å²) >= 11 is 0. The highest BCUT2D eigenvalue weighted by molar-refractivity contribution is 5.25. The second-order valence-corrected chi connectivity index (χ2v) is 3.42. The van der Waals surface area contributed by atoms with Crippen molar-refractivity contribution in [2.75, 3.05) is 0 Å². The van der Waals surface area contributed by atoms with Crippen LogP contribution in [0, 0.1) is 11.8 Å². The molecule has 1 nitrogen and oxygen atoms in total. The van der Waals surface area contributed by atoms with E-state index >= 15 is 0 Å². The van der Waals surface area contributed by atoms with Crippen molar-refractivity contribution < 1.29 is 0 Å². The van der Waals surface area contributed by atoms with Gasteiger partial charge in [0.15, 0.2) is 0 Å². The second-order valence-electron chi connectivity index (χ2n) is 3.42. The quantitative estimate of drug-likeness (QED) is 0.472. The summed E-state index contributed by atoms with van der Waals surface area (Å²) in [5, 5.41) is 0. The summed E-state index contributed by atoms with van der Waals surface area (Å²) in [4.78, 5) is 4.12. The number of fused-ring (bicyclic) bond motifs is 2. The molecule has 9 heavy (non-hydrogen) atoms. The topological polar surface area (TPSA) is 12.4 Å². The lowest BCUT2D eigenvalue weighted by molar-refractivity contribution is 0.422. The van der Waals surface area contributed by atoms with Gasteiger partial charge in [-0.25, -0.2) is 0 Å². The van der Waals surface area contributed by atoms with E-state index in [9.17, 15) is 0 Å². The molecule has 0 radical (unpaired) electrons. The average Bonchev–Trinajstić information content (AvgIpc) is 2.45. The molecule has 0 aromatic carbocycles. The lowest BCUT2D eigenvalue weighted by Gasteiger charge is -2.15. The Hall–Kier alpha value is -0.330. The molecule has 3 atom stereocenters. The molecule has 0 saturated heterocycles. The fourth-order valence-corrected chi connectivity index (χ4v) is 2.43. The fourth-order valence-electron chi connectivity index (χ4n) is 2.43. The number of rotatable bonds is 1. The van der Waals surface area contributed by atoms with Gasteiger partial charge in [0.2, 0.25) is 0 Å². The summed E-state index contributed by atoms with van der Waals surface area (Å²) in [5.74, 6) is 1.94. The van der Waals surface area contributed by atoms with E-state index in [1.165, 1.54) is 25.7 Å². The third-order valence-corrected chi connectivity index (χ3v) is 2.94. The minimum absolute atomic E-state index is 0.642. The van der Waals surface area contributed by atoms with Gasteiger partial charge in [-0.2, -0.15) is 0 Å². The van der Waals surface area contributed by atoms with E-state index in [0.717, 1.165) is 11.8 Å². The van der Waals surface area contributed by atoms with E-state index in [0.29, 0.717) is 6.04 Å². The maximum Gasteiger partial charge on any atom is 0.0523 e. The molecule has 2 bridgehead atoms. The van der Waals surface area contributed by atoms with Crippen LogP contribution in [0.1, 0.15) is 25.7 Å². The van der Waals surface area contributed by atoms with Gasteiger partial charge in [0.05, 0.1) is 6.04 Å². The molecule has 0 aromatic rings. The molecule has 2 aliphatic carbocycles. The van der Waals surface area contributed by atoms with Crippen molar-refractivity contribution in [2.24, 2.45) is 16.8 Å². The van der Waals surface area contributed by atoms with Crippen LogP contribution in [-0.2, 0) is 0 Å². The molecular formula is C8H13N. The average molecular weight is 123 g/mol. The van der Waals surface area contributed by atoms with Crippen molar-refractivity contribution in [3.8, 4) is 0 Å². The maximum absolute atomic E-state index is 4.12. The highest BCUT2D eigenvalue weighted by atomic mass is 14.8. The summed E-state index contributed by atoms with van der Waals surface area (Å²) in [6.45, 7) is 3.61. The van der Waals surface area contributed by atoms with E-state index in [-0.39, 0.29) is 0 Å². The van der Waals surface area contributed by atoms with Crippen LogP contribution in [0.25, 0.3) is 0 Å². The third kappa shape index (κ3) is 0.707. The van der Waals surface area contributed by atoms with E-state index < -0.39 is 0 Å².